The number of nitrogens with zero attached hydrogens (tertiary/aromatic N) is 3. The van der Waals surface area contributed by atoms with Gasteiger partial charge in [-0.25, -0.2) is 13.8 Å². The number of benzene rings is 2. The van der Waals surface area contributed by atoms with Gasteiger partial charge in [0.1, 0.15) is 5.75 Å². The molecule has 2 aromatic carbocycles. The number of carbonyl (C=O) groups is 1. The van der Waals surface area contributed by atoms with Crippen LogP contribution in [0.3, 0.4) is 0 Å². The molecule has 0 radical (unpaired) electrons. The predicted octanol–water partition coefficient (Wildman–Crippen LogP) is 5.99. The molecule has 0 aliphatic carbocycles. The summed E-state index contributed by atoms with van der Waals surface area (Å²) in [5, 5.41) is 2.62. The molecule has 11 heteroatoms. The summed E-state index contributed by atoms with van der Waals surface area (Å²) in [5.41, 5.74) is -1.64. The number of hydrogen-bond acceptors (Lipinski definition) is 4. The Morgan fingerprint density at radius 3 is 2.52 bits per heavy atom. The third kappa shape index (κ3) is 4.90. The molecule has 0 aliphatic heterocycles. The number of ether oxygens (including phenoxy) is 1. The second-order valence-corrected chi connectivity index (χ2v) is 7.43. The van der Waals surface area contributed by atoms with Crippen molar-refractivity contribution >= 4 is 34.2 Å². The van der Waals surface area contributed by atoms with Gasteiger partial charge in [-0.2, -0.15) is 0 Å². The summed E-state index contributed by atoms with van der Waals surface area (Å²) in [6.07, 6.45) is 0.317. The Bertz CT molecular complexity index is 1310. The minimum absolute atomic E-state index is 0.160. The van der Waals surface area contributed by atoms with Gasteiger partial charge >= 0.3 is 5.57 Å². The van der Waals surface area contributed by atoms with Crippen LogP contribution in [0.25, 0.3) is 22.2 Å². The number of pyridine rings is 1. The van der Waals surface area contributed by atoms with Gasteiger partial charge in [-0.1, -0.05) is 6.07 Å². The van der Waals surface area contributed by atoms with E-state index < -0.39 is 23.7 Å². The van der Waals surface area contributed by atoms with Crippen LogP contribution in [-0.2, 0) is 7.05 Å². The fourth-order valence-corrected chi connectivity index (χ4v) is 3.47. The number of hydrogen-bond donors (Lipinski definition) is 1. The Balaban J connectivity index is 1.71. The third-order valence-electron chi connectivity index (χ3n) is 4.78. The number of alkyl halides is 5. The van der Waals surface area contributed by atoms with Gasteiger partial charge < -0.3 is 14.6 Å². The molecule has 0 atom stereocenters. The zero-order valence-electron chi connectivity index (χ0n) is 16.9. The van der Waals surface area contributed by atoms with Crippen molar-refractivity contribution in [3.8, 4) is 16.9 Å². The molecule has 0 bridgehead atoms. The maximum atomic E-state index is 13.4. The van der Waals surface area contributed by atoms with Crippen LogP contribution in [0.15, 0.2) is 60.9 Å². The first kappa shape index (κ1) is 22.5. The summed E-state index contributed by atoms with van der Waals surface area (Å²) in [5.74, 6) is -1.18. The molecular formula is C22H15ClF4N4O2. The van der Waals surface area contributed by atoms with E-state index in [2.05, 4.69) is 20.0 Å². The van der Waals surface area contributed by atoms with Crippen LogP contribution >= 0.6 is 11.6 Å². The minimum Gasteiger partial charge on any atom is -0.420 e. The van der Waals surface area contributed by atoms with Gasteiger partial charge in [-0.15, -0.1) is 8.78 Å². The highest BCUT2D eigenvalue weighted by molar-refractivity contribution is 6.20. The monoisotopic (exact) mass is 478 g/mol. The summed E-state index contributed by atoms with van der Waals surface area (Å²) in [6.45, 7) is 0. The average Bonchev–Trinajstić information content (AvgIpc) is 3.11. The lowest BCUT2D eigenvalue weighted by molar-refractivity contribution is -0.0964. The second kappa shape index (κ2) is 8.70. The first-order valence-electron chi connectivity index (χ1n) is 9.48. The van der Waals surface area contributed by atoms with E-state index in [1.165, 1.54) is 41.9 Å². The van der Waals surface area contributed by atoms with Gasteiger partial charge in [0, 0.05) is 53.4 Å². The molecule has 1 amide bonds. The fraction of sp³-hybridized carbons (Fsp3) is 0.136. The van der Waals surface area contributed by atoms with Crippen molar-refractivity contribution in [2.45, 2.75) is 12.0 Å². The lowest BCUT2D eigenvalue weighted by atomic mass is 10.0. The van der Waals surface area contributed by atoms with Crippen LogP contribution in [0.4, 0.5) is 23.2 Å². The van der Waals surface area contributed by atoms with Crippen molar-refractivity contribution in [2.24, 2.45) is 7.05 Å². The summed E-state index contributed by atoms with van der Waals surface area (Å²) in [7, 11) is 1.48. The molecule has 33 heavy (non-hydrogen) atoms. The number of aromatic nitrogens is 3. The zero-order chi connectivity index (χ0) is 23.8. The van der Waals surface area contributed by atoms with Gasteiger partial charge in [0.2, 0.25) is 0 Å². The van der Waals surface area contributed by atoms with Crippen LogP contribution < -0.4 is 10.1 Å². The SMILES string of the molecule is Cn1c(C(F)F)nc2cc(C(=O)Nc3ccc(OC(F)(F)Cl)cc3)cc(-c3cccnc3)c21. The number of amides is 1. The Morgan fingerprint density at radius 2 is 1.91 bits per heavy atom. The standard InChI is InChI=1S/C22H15ClF4N4O2/c1-31-18-16(12-3-2-8-28-11-12)9-13(10-17(18)30-20(31)19(24)25)21(32)29-14-4-6-15(7-5-14)33-22(23,26)27/h2-11,19H,1H3,(H,29,32). The summed E-state index contributed by atoms with van der Waals surface area (Å²) < 4.78 is 57.9. The lowest BCUT2D eigenvalue weighted by Gasteiger charge is -2.12. The van der Waals surface area contributed by atoms with E-state index in [1.807, 2.05) is 0 Å². The molecule has 2 aromatic heterocycles. The second-order valence-electron chi connectivity index (χ2n) is 6.99. The zero-order valence-corrected chi connectivity index (χ0v) is 17.7. The fourth-order valence-electron chi connectivity index (χ4n) is 3.38. The first-order chi connectivity index (χ1) is 15.6. The number of rotatable bonds is 6. The predicted molar refractivity (Wildman–Crippen MR) is 115 cm³/mol. The van der Waals surface area contributed by atoms with E-state index in [4.69, 9.17) is 11.6 Å². The molecule has 0 saturated carbocycles. The summed E-state index contributed by atoms with van der Waals surface area (Å²) in [6, 6.07) is 11.5. The van der Waals surface area contributed by atoms with E-state index in [1.54, 1.807) is 30.6 Å². The molecular weight excluding hydrogens is 464 g/mol. The number of carbonyl (C=O) groups excluding carboxylic acids is 1. The van der Waals surface area contributed by atoms with Gasteiger partial charge in [0.25, 0.3) is 12.3 Å². The highest BCUT2D eigenvalue weighted by Gasteiger charge is 2.27. The number of nitrogens with one attached hydrogen (secondary N) is 1. The number of aryl methyl sites for hydroxylation is 1. The van der Waals surface area contributed by atoms with E-state index in [-0.39, 0.29) is 16.8 Å². The molecule has 6 nitrogen and oxygen atoms in total. The van der Waals surface area contributed by atoms with Crippen molar-refractivity contribution in [2.75, 3.05) is 5.32 Å². The third-order valence-corrected chi connectivity index (χ3v) is 4.86. The van der Waals surface area contributed by atoms with E-state index >= 15 is 0 Å². The maximum absolute atomic E-state index is 13.4. The number of imidazole rings is 1. The Hall–Kier alpha value is -3.66. The highest BCUT2D eigenvalue weighted by atomic mass is 35.5. The molecule has 0 spiro atoms. The van der Waals surface area contributed by atoms with E-state index in [0.29, 0.717) is 22.3 Å². The van der Waals surface area contributed by atoms with Crippen LogP contribution in [0.5, 0.6) is 5.75 Å². The molecule has 0 unspecified atom stereocenters. The van der Waals surface area contributed by atoms with Crippen LogP contribution in [0.2, 0.25) is 0 Å². The molecule has 0 fully saturated rings. The van der Waals surface area contributed by atoms with Gasteiger partial charge in [-0.3, -0.25) is 9.78 Å². The van der Waals surface area contributed by atoms with Crippen molar-refractivity contribution in [1.82, 2.24) is 14.5 Å². The topological polar surface area (TPSA) is 69.0 Å². The quantitative estimate of drug-likeness (QED) is 0.273. The van der Waals surface area contributed by atoms with Crippen molar-refractivity contribution in [3.63, 3.8) is 0 Å². The van der Waals surface area contributed by atoms with Gasteiger partial charge in [-0.05, 0) is 42.5 Å². The van der Waals surface area contributed by atoms with E-state index in [0.717, 1.165) is 0 Å². The normalized spacial score (nSPS) is 11.7. The van der Waals surface area contributed by atoms with Gasteiger partial charge in [0.05, 0.1) is 11.0 Å². The smallest absolute Gasteiger partial charge is 0.420 e. The Morgan fingerprint density at radius 1 is 1.18 bits per heavy atom. The van der Waals surface area contributed by atoms with Crippen LogP contribution in [-0.4, -0.2) is 26.0 Å². The van der Waals surface area contributed by atoms with Crippen LogP contribution in [0, 0.1) is 0 Å². The molecule has 1 N–H and O–H groups in total. The minimum atomic E-state index is -3.86. The summed E-state index contributed by atoms with van der Waals surface area (Å²) >= 11 is 4.73. The highest BCUT2D eigenvalue weighted by Crippen LogP contribution is 2.33. The molecule has 2 heterocycles. The number of anilines is 1. The Kier molecular flexibility index (Phi) is 5.94. The number of halogens is 5. The number of fused-ring (bicyclic) bond motifs is 1. The van der Waals surface area contributed by atoms with E-state index in [9.17, 15) is 22.4 Å². The molecule has 4 aromatic rings. The largest absolute Gasteiger partial charge is 0.487 e. The Labute approximate surface area is 189 Å². The van der Waals surface area contributed by atoms with Crippen molar-refractivity contribution in [1.29, 1.82) is 0 Å². The lowest BCUT2D eigenvalue weighted by Crippen LogP contribution is -2.16. The maximum Gasteiger partial charge on any atom is 0.487 e. The molecule has 0 saturated heterocycles. The van der Waals surface area contributed by atoms with Gasteiger partial charge in [0.15, 0.2) is 5.82 Å². The molecule has 170 valence electrons. The van der Waals surface area contributed by atoms with Crippen molar-refractivity contribution in [3.05, 3.63) is 72.3 Å². The average molecular weight is 479 g/mol. The first-order valence-corrected chi connectivity index (χ1v) is 9.86. The molecule has 4 rings (SSSR count). The van der Waals surface area contributed by atoms with Crippen molar-refractivity contribution < 1.29 is 27.1 Å². The summed E-state index contributed by atoms with van der Waals surface area (Å²) in [4.78, 5) is 21.0. The molecule has 0 aliphatic rings. The van der Waals surface area contributed by atoms with Crippen LogP contribution in [0.1, 0.15) is 22.6 Å².